The quantitative estimate of drug-likeness (QED) is 0.571. The van der Waals surface area contributed by atoms with Crippen molar-refractivity contribution in [1.29, 1.82) is 0 Å². The third-order valence-corrected chi connectivity index (χ3v) is 5.29. The molecule has 8 nitrogen and oxygen atoms in total. The Morgan fingerprint density at radius 1 is 1.19 bits per heavy atom. The molecule has 168 valence electrons. The summed E-state index contributed by atoms with van der Waals surface area (Å²) in [5.41, 5.74) is 2.34. The number of aromatic nitrogens is 2. The van der Waals surface area contributed by atoms with Crippen LogP contribution < -0.4 is 19.7 Å². The van der Waals surface area contributed by atoms with Crippen molar-refractivity contribution in [3.8, 4) is 11.6 Å². The predicted octanol–water partition coefficient (Wildman–Crippen LogP) is 4.01. The van der Waals surface area contributed by atoms with Crippen LogP contribution in [0.4, 0.5) is 5.69 Å². The van der Waals surface area contributed by atoms with Crippen LogP contribution in [0.25, 0.3) is 0 Å². The summed E-state index contributed by atoms with van der Waals surface area (Å²) in [5.74, 6) is 1.19. The van der Waals surface area contributed by atoms with Gasteiger partial charge >= 0.3 is 0 Å². The van der Waals surface area contributed by atoms with Crippen LogP contribution in [-0.2, 0) is 0 Å². The molecule has 4 rings (SSSR count). The lowest BCUT2D eigenvalue weighted by molar-refractivity contribution is 0.0930. The molecule has 3 aromatic rings. The van der Waals surface area contributed by atoms with Crippen LogP contribution in [-0.4, -0.2) is 41.3 Å². The van der Waals surface area contributed by atoms with E-state index in [1.54, 1.807) is 6.20 Å². The Hall–Kier alpha value is -3.55. The highest BCUT2D eigenvalue weighted by Gasteiger charge is 2.25. The van der Waals surface area contributed by atoms with Gasteiger partial charge in [-0.25, -0.2) is 4.98 Å². The highest BCUT2D eigenvalue weighted by Crippen LogP contribution is 2.26. The molecule has 0 aliphatic carbocycles. The minimum absolute atomic E-state index is 0.0914. The largest absolute Gasteiger partial charge is 0.489 e. The summed E-state index contributed by atoms with van der Waals surface area (Å²) < 4.78 is 16.6. The van der Waals surface area contributed by atoms with Gasteiger partial charge in [0.2, 0.25) is 5.88 Å². The van der Waals surface area contributed by atoms with Crippen molar-refractivity contribution in [2.75, 3.05) is 18.0 Å². The van der Waals surface area contributed by atoms with Crippen LogP contribution in [0.5, 0.6) is 11.6 Å². The summed E-state index contributed by atoms with van der Waals surface area (Å²) in [6.45, 7) is 7.63. The van der Waals surface area contributed by atoms with Crippen LogP contribution in [0.1, 0.15) is 49.3 Å². The number of nitrogens with zero attached hydrogens (tertiary/aromatic N) is 3. The molecule has 1 fully saturated rings. The smallest absolute Gasteiger partial charge is 0.273 e. The lowest BCUT2D eigenvalue weighted by atomic mass is 10.1. The number of carbonyl (C=O) groups excluding carboxylic acids is 1. The lowest BCUT2D eigenvalue weighted by Gasteiger charge is -2.20. The molecule has 0 radical (unpaired) electrons. The molecular formula is C24H28N4O4. The Kier molecular flexibility index (Phi) is 6.58. The van der Waals surface area contributed by atoms with Gasteiger partial charge in [0.05, 0.1) is 18.7 Å². The summed E-state index contributed by atoms with van der Waals surface area (Å²) in [4.78, 5) is 18.7. The molecule has 32 heavy (non-hydrogen) atoms. The molecule has 1 N–H and O–H groups in total. The minimum atomic E-state index is -0.268. The number of rotatable bonds is 8. The molecule has 8 heteroatoms. The van der Waals surface area contributed by atoms with E-state index in [-0.39, 0.29) is 29.9 Å². The van der Waals surface area contributed by atoms with Gasteiger partial charge in [-0.05, 0) is 44.5 Å². The van der Waals surface area contributed by atoms with Crippen LogP contribution in [0.2, 0.25) is 0 Å². The Morgan fingerprint density at radius 3 is 2.72 bits per heavy atom. The zero-order chi connectivity index (χ0) is 22.5. The fourth-order valence-corrected chi connectivity index (χ4v) is 3.67. The Balaban J connectivity index is 1.31. The number of pyridine rings is 1. The van der Waals surface area contributed by atoms with Crippen molar-refractivity contribution in [2.45, 2.75) is 45.4 Å². The van der Waals surface area contributed by atoms with Gasteiger partial charge < -0.3 is 24.2 Å². The maximum absolute atomic E-state index is 12.1. The van der Waals surface area contributed by atoms with Crippen molar-refractivity contribution in [2.24, 2.45) is 0 Å². The molecule has 2 aromatic heterocycles. The van der Waals surface area contributed by atoms with E-state index in [9.17, 15) is 4.79 Å². The topological polar surface area (TPSA) is 89.7 Å². The predicted molar refractivity (Wildman–Crippen MR) is 120 cm³/mol. The zero-order valence-electron chi connectivity index (χ0n) is 18.5. The van der Waals surface area contributed by atoms with Gasteiger partial charge in [0.15, 0.2) is 5.69 Å². The minimum Gasteiger partial charge on any atom is -0.489 e. The van der Waals surface area contributed by atoms with E-state index in [0.717, 1.165) is 36.5 Å². The number of amides is 1. The first kappa shape index (κ1) is 21.7. The second-order valence-corrected chi connectivity index (χ2v) is 8.14. The van der Waals surface area contributed by atoms with Crippen molar-refractivity contribution < 1.29 is 18.8 Å². The van der Waals surface area contributed by atoms with Crippen LogP contribution in [0.15, 0.2) is 59.4 Å². The van der Waals surface area contributed by atoms with E-state index in [2.05, 4.69) is 20.4 Å². The maximum atomic E-state index is 12.1. The SMILES string of the molecule is CC(C)Oc1cc(N2CCC(Oc3ccc([C@H](C)NC(=O)c4ccon4)cc3)C2)ccn1. The molecule has 2 atom stereocenters. The molecule has 1 unspecified atom stereocenters. The standard InChI is InChI=1S/C24H28N4O4/c1-16(2)31-23-14-19(8-11-25-23)28-12-9-21(15-28)32-20-6-4-18(5-7-20)17(3)26-24(29)22-10-13-30-27-22/h4-8,10-11,13-14,16-17,21H,9,12,15H2,1-3H3,(H,26,29)/t17-,21?/m0/s1. The molecule has 1 saturated heterocycles. The Morgan fingerprint density at radius 2 is 2.00 bits per heavy atom. The molecule has 3 heterocycles. The van der Waals surface area contributed by atoms with E-state index in [0.29, 0.717) is 5.88 Å². The fraction of sp³-hybridized carbons (Fsp3) is 0.375. The number of carbonyl (C=O) groups is 1. The van der Waals surface area contributed by atoms with E-state index in [4.69, 9.17) is 14.0 Å². The van der Waals surface area contributed by atoms with E-state index in [1.165, 1.54) is 12.3 Å². The highest BCUT2D eigenvalue weighted by molar-refractivity contribution is 5.92. The number of ether oxygens (including phenoxy) is 2. The molecule has 1 amide bonds. The van der Waals surface area contributed by atoms with Gasteiger partial charge in [-0.3, -0.25) is 4.79 Å². The molecule has 0 saturated carbocycles. The first-order valence-corrected chi connectivity index (χ1v) is 10.8. The summed E-state index contributed by atoms with van der Waals surface area (Å²) >= 11 is 0. The average molecular weight is 437 g/mol. The highest BCUT2D eigenvalue weighted by atomic mass is 16.5. The van der Waals surface area contributed by atoms with E-state index in [1.807, 2.05) is 57.2 Å². The Labute approximate surface area is 187 Å². The molecular weight excluding hydrogens is 408 g/mol. The fourth-order valence-electron chi connectivity index (χ4n) is 3.67. The van der Waals surface area contributed by atoms with Gasteiger partial charge in [-0.2, -0.15) is 0 Å². The summed E-state index contributed by atoms with van der Waals surface area (Å²) in [6, 6.07) is 13.2. The second-order valence-electron chi connectivity index (χ2n) is 8.14. The molecule has 0 bridgehead atoms. The zero-order valence-corrected chi connectivity index (χ0v) is 18.5. The van der Waals surface area contributed by atoms with Crippen LogP contribution in [0, 0.1) is 0 Å². The monoisotopic (exact) mass is 436 g/mol. The van der Waals surface area contributed by atoms with Crippen LogP contribution in [0.3, 0.4) is 0 Å². The number of benzene rings is 1. The number of nitrogens with one attached hydrogen (secondary N) is 1. The number of hydrogen-bond donors (Lipinski definition) is 1. The van der Waals surface area contributed by atoms with Gasteiger partial charge in [0.1, 0.15) is 18.1 Å². The van der Waals surface area contributed by atoms with Gasteiger partial charge in [-0.1, -0.05) is 17.3 Å². The molecule has 1 aliphatic heterocycles. The molecule has 1 aromatic carbocycles. The second kappa shape index (κ2) is 9.72. The van der Waals surface area contributed by atoms with Crippen molar-refractivity contribution in [3.05, 3.63) is 66.2 Å². The molecule has 0 spiro atoms. The van der Waals surface area contributed by atoms with Crippen molar-refractivity contribution in [1.82, 2.24) is 15.5 Å². The van der Waals surface area contributed by atoms with Gasteiger partial charge in [-0.15, -0.1) is 0 Å². The molecule has 1 aliphatic rings. The third-order valence-electron chi connectivity index (χ3n) is 5.29. The summed E-state index contributed by atoms with van der Waals surface area (Å²) in [5, 5.41) is 6.57. The third kappa shape index (κ3) is 5.38. The lowest BCUT2D eigenvalue weighted by Crippen LogP contribution is -2.27. The van der Waals surface area contributed by atoms with Gasteiger partial charge in [0.25, 0.3) is 5.91 Å². The van der Waals surface area contributed by atoms with Crippen LogP contribution >= 0.6 is 0 Å². The number of anilines is 1. The first-order valence-electron chi connectivity index (χ1n) is 10.8. The normalized spacial score (nSPS) is 16.8. The van der Waals surface area contributed by atoms with Crippen molar-refractivity contribution in [3.63, 3.8) is 0 Å². The maximum Gasteiger partial charge on any atom is 0.273 e. The number of hydrogen-bond acceptors (Lipinski definition) is 7. The average Bonchev–Trinajstić information content (AvgIpc) is 3.46. The van der Waals surface area contributed by atoms with Gasteiger partial charge in [0, 0.05) is 37.0 Å². The summed E-state index contributed by atoms with van der Waals surface area (Å²) in [7, 11) is 0. The van der Waals surface area contributed by atoms with E-state index < -0.39 is 0 Å². The Bertz CT molecular complexity index is 1020. The summed E-state index contributed by atoms with van der Waals surface area (Å²) in [6.07, 6.45) is 4.29. The van der Waals surface area contributed by atoms with E-state index >= 15 is 0 Å². The first-order chi connectivity index (χ1) is 15.5. The van der Waals surface area contributed by atoms with Crippen molar-refractivity contribution >= 4 is 11.6 Å².